The molecule has 0 aliphatic rings. The summed E-state index contributed by atoms with van der Waals surface area (Å²) in [5.41, 5.74) is 0.450. The summed E-state index contributed by atoms with van der Waals surface area (Å²) in [7, 11) is 1.58. The molecule has 16 heavy (non-hydrogen) atoms. The molecule has 1 atom stereocenters. The molecular weight excluding hydrogens is 212 g/mol. The number of aliphatic carboxylic acids is 1. The summed E-state index contributed by atoms with van der Waals surface area (Å²) in [6.07, 6.45) is 0. The van der Waals surface area contributed by atoms with E-state index in [1.165, 1.54) is 30.0 Å². The number of carboxylic acid groups (broad SMARTS) is 1. The molecule has 1 rings (SSSR count). The van der Waals surface area contributed by atoms with Crippen LogP contribution >= 0.6 is 0 Å². The van der Waals surface area contributed by atoms with Crippen molar-refractivity contribution in [3.8, 4) is 0 Å². The van der Waals surface area contributed by atoms with E-state index in [2.05, 4.69) is 0 Å². The van der Waals surface area contributed by atoms with Gasteiger partial charge in [0.05, 0.1) is 4.92 Å². The summed E-state index contributed by atoms with van der Waals surface area (Å²) < 4.78 is 0. The number of carbonyl (C=O) groups is 1. The number of anilines is 1. The van der Waals surface area contributed by atoms with Crippen molar-refractivity contribution in [1.82, 2.24) is 0 Å². The largest absolute Gasteiger partial charge is 0.480 e. The molecule has 0 heterocycles. The lowest BCUT2D eigenvalue weighted by Crippen LogP contribution is -2.35. The summed E-state index contributed by atoms with van der Waals surface area (Å²) in [6.45, 7) is 1.52. The average molecular weight is 224 g/mol. The number of nitrogens with zero attached hydrogens (tertiary/aromatic N) is 2. The highest BCUT2D eigenvalue weighted by Crippen LogP contribution is 2.21. The summed E-state index contributed by atoms with van der Waals surface area (Å²) in [4.78, 5) is 22.3. The molecule has 0 saturated carbocycles. The van der Waals surface area contributed by atoms with Gasteiger partial charge in [-0.3, -0.25) is 10.1 Å². The van der Waals surface area contributed by atoms with Crippen molar-refractivity contribution in [3.63, 3.8) is 0 Å². The van der Waals surface area contributed by atoms with Gasteiger partial charge in [0.15, 0.2) is 0 Å². The zero-order chi connectivity index (χ0) is 12.3. The number of hydrogen-bond donors (Lipinski definition) is 1. The molecule has 1 aromatic carbocycles. The second-order valence-electron chi connectivity index (χ2n) is 3.40. The number of carboxylic acids is 1. The predicted molar refractivity (Wildman–Crippen MR) is 58.6 cm³/mol. The minimum atomic E-state index is -0.978. The first-order valence-electron chi connectivity index (χ1n) is 4.63. The number of hydrogen-bond acceptors (Lipinski definition) is 4. The first-order chi connectivity index (χ1) is 7.43. The van der Waals surface area contributed by atoms with Crippen LogP contribution in [-0.2, 0) is 4.79 Å². The molecule has 0 aromatic heterocycles. The molecule has 86 valence electrons. The molecule has 0 bridgehead atoms. The lowest BCUT2D eigenvalue weighted by atomic mass is 10.2. The maximum atomic E-state index is 10.8. The Morgan fingerprint density at radius 3 is 2.69 bits per heavy atom. The van der Waals surface area contributed by atoms with E-state index in [0.29, 0.717) is 5.69 Å². The van der Waals surface area contributed by atoms with Crippen LogP contribution in [0.5, 0.6) is 0 Å². The van der Waals surface area contributed by atoms with Gasteiger partial charge >= 0.3 is 5.97 Å². The molecular formula is C10H12N2O4. The van der Waals surface area contributed by atoms with Crippen molar-refractivity contribution in [2.75, 3.05) is 11.9 Å². The second-order valence-corrected chi connectivity index (χ2v) is 3.40. The van der Waals surface area contributed by atoms with E-state index in [-0.39, 0.29) is 5.69 Å². The molecule has 0 aliphatic heterocycles. The molecule has 0 spiro atoms. The molecule has 0 fully saturated rings. The molecule has 0 radical (unpaired) electrons. The lowest BCUT2D eigenvalue weighted by molar-refractivity contribution is -0.384. The van der Waals surface area contributed by atoms with E-state index in [4.69, 9.17) is 5.11 Å². The van der Waals surface area contributed by atoms with E-state index in [1.807, 2.05) is 0 Å². The van der Waals surface area contributed by atoms with Crippen molar-refractivity contribution in [2.24, 2.45) is 0 Å². The van der Waals surface area contributed by atoms with Crippen LogP contribution in [0.2, 0.25) is 0 Å². The third-order valence-electron chi connectivity index (χ3n) is 2.39. The molecule has 6 nitrogen and oxygen atoms in total. The van der Waals surface area contributed by atoms with Crippen LogP contribution in [0, 0.1) is 10.1 Å². The minimum absolute atomic E-state index is 0.0538. The van der Waals surface area contributed by atoms with Crippen LogP contribution in [0.3, 0.4) is 0 Å². The Morgan fingerprint density at radius 1 is 1.56 bits per heavy atom. The fourth-order valence-corrected chi connectivity index (χ4v) is 1.22. The van der Waals surface area contributed by atoms with Gasteiger partial charge in [-0.15, -0.1) is 0 Å². The maximum Gasteiger partial charge on any atom is 0.326 e. The number of nitro benzene ring substituents is 1. The van der Waals surface area contributed by atoms with Crippen molar-refractivity contribution >= 4 is 17.3 Å². The Hall–Kier alpha value is -2.11. The highest BCUT2D eigenvalue weighted by molar-refractivity contribution is 5.77. The number of non-ortho nitro benzene ring substituents is 1. The Balaban J connectivity index is 3.00. The van der Waals surface area contributed by atoms with Gasteiger partial charge in [-0.2, -0.15) is 0 Å². The first kappa shape index (κ1) is 12.0. The molecule has 6 heteroatoms. The molecule has 0 unspecified atom stereocenters. The monoisotopic (exact) mass is 224 g/mol. The molecule has 1 N–H and O–H groups in total. The average Bonchev–Trinajstić information content (AvgIpc) is 2.27. The quantitative estimate of drug-likeness (QED) is 0.619. The van der Waals surface area contributed by atoms with Gasteiger partial charge in [0.2, 0.25) is 0 Å². The van der Waals surface area contributed by atoms with Crippen LogP contribution in [0.1, 0.15) is 6.92 Å². The van der Waals surface area contributed by atoms with E-state index < -0.39 is 16.9 Å². The number of nitro groups is 1. The van der Waals surface area contributed by atoms with Crippen LogP contribution in [0.4, 0.5) is 11.4 Å². The Kier molecular flexibility index (Phi) is 3.44. The van der Waals surface area contributed by atoms with Crippen molar-refractivity contribution in [3.05, 3.63) is 34.4 Å². The van der Waals surface area contributed by atoms with Gasteiger partial charge in [0.1, 0.15) is 6.04 Å². The molecule has 0 aliphatic carbocycles. The first-order valence-corrected chi connectivity index (χ1v) is 4.63. The van der Waals surface area contributed by atoms with Gasteiger partial charge in [-0.25, -0.2) is 4.79 Å². The summed E-state index contributed by atoms with van der Waals surface area (Å²) in [5, 5.41) is 19.4. The number of rotatable bonds is 4. The number of benzene rings is 1. The summed E-state index contributed by atoms with van der Waals surface area (Å²) in [6, 6.07) is 5.13. The van der Waals surface area contributed by atoms with Gasteiger partial charge in [0, 0.05) is 24.9 Å². The second kappa shape index (κ2) is 4.61. The topological polar surface area (TPSA) is 83.7 Å². The van der Waals surface area contributed by atoms with Gasteiger partial charge in [0.25, 0.3) is 5.69 Å². The fourth-order valence-electron chi connectivity index (χ4n) is 1.22. The SMILES string of the molecule is C[C@H](C(=O)O)N(C)c1cccc([N+](=O)[O-])c1. The molecule has 0 saturated heterocycles. The zero-order valence-corrected chi connectivity index (χ0v) is 8.95. The summed E-state index contributed by atoms with van der Waals surface area (Å²) in [5.74, 6) is -0.978. The van der Waals surface area contributed by atoms with Crippen molar-refractivity contribution in [1.29, 1.82) is 0 Å². The van der Waals surface area contributed by atoms with E-state index >= 15 is 0 Å². The maximum absolute atomic E-state index is 10.8. The van der Waals surface area contributed by atoms with E-state index in [9.17, 15) is 14.9 Å². The Bertz CT molecular complexity index is 419. The van der Waals surface area contributed by atoms with Gasteiger partial charge in [-0.05, 0) is 13.0 Å². The Labute approximate surface area is 92.3 Å². The third-order valence-corrected chi connectivity index (χ3v) is 2.39. The van der Waals surface area contributed by atoms with Gasteiger partial charge < -0.3 is 10.0 Å². The standard InChI is InChI=1S/C10H12N2O4/c1-7(10(13)14)11(2)8-4-3-5-9(6-8)12(15)16/h3-7H,1-2H3,(H,13,14)/t7-/m1/s1. The fraction of sp³-hybridized carbons (Fsp3) is 0.300. The van der Waals surface area contributed by atoms with Crippen LogP contribution < -0.4 is 4.90 Å². The number of likely N-dealkylation sites (N-methyl/N-ethyl adjacent to an activating group) is 1. The molecule has 1 aromatic rings. The highest BCUT2D eigenvalue weighted by atomic mass is 16.6. The van der Waals surface area contributed by atoms with Gasteiger partial charge in [-0.1, -0.05) is 6.07 Å². The Morgan fingerprint density at radius 2 is 2.19 bits per heavy atom. The predicted octanol–water partition coefficient (Wildman–Crippen LogP) is 1.50. The third kappa shape index (κ3) is 2.47. The van der Waals surface area contributed by atoms with E-state index in [0.717, 1.165) is 0 Å². The van der Waals surface area contributed by atoms with Crippen molar-refractivity contribution < 1.29 is 14.8 Å². The molecule has 0 amide bonds. The normalized spacial score (nSPS) is 11.9. The smallest absolute Gasteiger partial charge is 0.326 e. The van der Waals surface area contributed by atoms with E-state index in [1.54, 1.807) is 13.1 Å². The van der Waals surface area contributed by atoms with Crippen LogP contribution in [0.25, 0.3) is 0 Å². The van der Waals surface area contributed by atoms with Crippen LogP contribution in [0.15, 0.2) is 24.3 Å². The van der Waals surface area contributed by atoms with Crippen LogP contribution in [-0.4, -0.2) is 29.1 Å². The van der Waals surface area contributed by atoms with Crippen molar-refractivity contribution in [2.45, 2.75) is 13.0 Å². The summed E-state index contributed by atoms with van der Waals surface area (Å²) >= 11 is 0. The zero-order valence-electron chi connectivity index (χ0n) is 8.95. The lowest BCUT2D eigenvalue weighted by Gasteiger charge is -2.23. The highest BCUT2D eigenvalue weighted by Gasteiger charge is 2.18. The minimum Gasteiger partial charge on any atom is -0.480 e.